The number of alkyl halides is 1. The smallest absolute Gasteiger partial charge is 0.0345 e. The van der Waals surface area contributed by atoms with E-state index in [1.807, 2.05) is 0 Å². The molecule has 0 aliphatic carbocycles. The lowest BCUT2D eigenvalue weighted by Gasteiger charge is -2.10. The van der Waals surface area contributed by atoms with Crippen molar-refractivity contribution in [1.29, 1.82) is 0 Å². The van der Waals surface area contributed by atoms with Gasteiger partial charge in [-0.1, -0.05) is 6.92 Å². The molecular formula is C10H23ClN2. The van der Waals surface area contributed by atoms with Crippen molar-refractivity contribution < 1.29 is 0 Å². The third kappa shape index (κ3) is 10.1. The summed E-state index contributed by atoms with van der Waals surface area (Å²) in [6.45, 7) is 5.44. The monoisotopic (exact) mass is 206 g/mol. The van der Waals surface area contributed by atoms with Gasteiger partial charge in [0.25, 0.3) is 0 Å². The molecule has 0 aromatic carbocycles. The van der Waals surface area contributed by atoms with E-state index in [0.29, 0.717) is 5.38 Å². The van der Waals surface area contributed by atoms with Gasteiger partial charge in [0, 0.05) is 5.38 Å². The molecule has 3 heteroatoms. The third-order valence-corrected chi connectivity index (χ3v) is 2.56. The molecule has 0 heterocycles. The summed E-state index contributed by atoms with van der Waals surface area (Å²) in [5, 5.41) is 3.74. The van der Waals surface area contributed by atoms with E-state index < -0.39 is 0 Å². The average Bonchev–Trinajstić information content (AvgIpc) is 2.10. The number of hydrogen-bond donors (Lipinski definition) is 1. The van der Waals surface area contributed by atoms with Crippen molar-refractivity contribution in [2.75, 3.05) is 33.7 Å². The second kappa shape index (κ2) is 8.79. The van der Waals surface area contributed by atoms with Gasteiger partial charge in [-0.2, -0.15) is 0 Å². The van der Waals surface area contributed by atoms with Crippen LogP contribution >= 0.6 is 11.6 Å². The Morgan fingerprint density at radius 3 is 2.54 bits per heavy atom. The molecule has 0 spiro atoms. The summed E-state index contributed by atoms with van der Waals surface area (Å²) in [7, 11) is 4.21. The molecule has 0 fully saturated rings. The van der Waals surface area contributed by atoms with E-state index in [4.69, 9.17) is 11.6 Å². The fraction of sp³-hybridized carbons (Fsp3) is 1.00. The Bertz CT molecular complexity index is 107. The fourth-order valence-corrected chi connectivity index (χ4v) is 1.22. The minimum Gasteiger partial charge on any atom is -0.317 e. The largest absolute Gasteiger partial charge is 0.317 e. The normalized spacial score (nSPS) is 13.6. The Balaban J connectivity index is 2.99. The highest BCUT2D eigenvalue weighted by molar-refractivity contribution is 6.20. The quantitative estimate of drug-likeness (QED) is 0.483. The van der Waals surface area contributed by atoms with E-state index in [2.05, 4.69) is 31.2 Å². The van der Waals surface area contributed by atoms with Gasteiger partial charge in [-0.3, -0.25) is 0 Å². The first-order chi connectivity index (χ1) is 6.16. The maximum atomic E-state index is 5.98. The predicted molar refractivity (Wildman–Crippen MR) is 60.6 cm³/mol. The highest BCUT2D eigenvalue weighted by Gasteiger charge is 1.99. The van der Waals surface area contributed by atoms with Gasteiger partial charge in [0.15, 0.2) is 0 Å². The summed E-state index contributed by atoms with van der Waals surface area (Å²) in [4.78, 5) is 2.21. The summed E-state index contributed by atoms with van der Waals surface area (Å²) in [5.74, 6) is 0. The first kappa shape index (κ1) is 13.2. The van der Waals surface area contributed by atoms with Crippen LogP contribution in [0.15, 0.2) is 0 Å². The number of nitrogens with zero attached hydrogens (tertiary/aromatic N) is 1. The lowest BCUT2D eigenvalue weighted by atomic mass is 10.2. The molecule has 0 aliphatic rings. The molecule has 0 saturated heterocycles. The Morgan fingerprint density at radius 1 is 1.31 bits per heavy atom. The van der Waals surface area contributed by atoms with Crippen molar-refractivity contribution in [2.45, 2.75) is 31.6 Å². The average molecular weight is 207 g/mol. The van der Waals surface area contributed by atoms with Crippen molar-refractivity contribution in [2.24, 2.45) is 0 Å². The molecule has 0 rings (SSSR count). The molecule has 0 aliphatic heterocycles. The van der Waals surface area contributed by atoms with Gasteiger partial charge >= 0.3 is 0 Å². The maximum absolute atomic E-state index is 5.98. The molecule has 2 nitrogen and oxygen atoms in total. The van der Waals surface area contributed by atoms with Crippen LogP contribution in [-0.4, -0.2) is 44.0 Å². The highest BCUT2D eigenvalue weighted by Crippen LogP contribution is 2.04. The highest BCUT2D eigenvalue weighted by atomic mass is 35.5. The first-order valence-corrected chi connectivity index (χ1v) is 5.60. The summed E-state index contributed by atoms with van der Waals surface area (Å²) < 4.78 is 0. The van der Waals surface area contributed by atoms with Crippen LogP contribution in [0.2, 0.25) is 0 Å². The van der Waals surface area contributed by atoms with E-state index in [1.165, 1.54) is 6.42 Å². The van der Waals surface area contributed by atoms with Crippen molar-refractivity contribution in [1.82, 2.24) is 10.2 Å². The van der Waals surface area contributed by atoms with Gasteiger partial charge < -0.3 is 10.2 Å². The Kier molecular flexibility index (Phi) is 8.93. The standard InChI is InChI=1S/C10H23ClN2/c1-4-10(11)6-8-12-7-5-9-13(2)3/h10,12H,4-9H2,1-3H3. The van der Waals surface area contributed by atoms with E-state index in [-0.39, 0.29) is 0 Å². The number of hydrogen-bond acceptors (Lipinski definition) is 2. The van der Waals surface area contributed by atoms with E-state index in [9.17, 15) is 0 Å². The third-order valence-electron chi connectivity index (χ3n) is 2.04. The topological polar surface area (TPSA) is 15.3 Å². The lowest BCUT2D eigenvalue weighted by molar-refractivity contribution is 0.394. The van der Waals surface area contributed by atoms with Crippen LogP contribution in [0.25, 0.3) is 0 Å². The van der Waals surface area contributed by atoms with E-state index >= 15 is 0 Å². The van der Waals surface area contributed by atoms with Crippen LogP contribution < -0.4 is 5.32 Å². The molecule has 1 unspecified atom stereocenters. The number of nitrogens with one attached hydrogen (secondary N) is 1. The Hall–Kier alpha value is 0.210. The minimum absolute atomic E-state index is 0.348. The van der Waals surface area contributed by atoms with Gasteiger partial charge in [-0.05, 0) is 53.0 Å². The van der Waals surface area contributed by atoms with Gasteiger partial charge in [0.1, 0.15) is 0 Å². The number of rotatable bonds is 8. The van der Waals surface area contributed by atoms with Crippen LogP contribution in [0.3, 0.4) is 0 Å². The van der Waals surface area contributed by atoms with Crippen LogP contribution in [0.4, 0.5) is 0 Å². The van der Waals surface area contributed by atoms with Crippen molar-refractivity contribution in [3.63, 3.8) is 0 Å². The Morgan fingerprint density at radius 2 is 2.00 bits per heavy atom. The summed E-state index contributed by atoms with van der Waals surface area (Å²) >= 11 is 5.98. The van der Waals surface area contributed by atoms with Crippen molar-refractivity contribution in [3.05, 3.63) is 0 Å². The fourth-order valence-electron chi connectivity index (χ4n) is 1.11. The molecule has 0 amide bonds. The molecule has 0 aromatic rings. The van der Waals surface area contributed by atoms with E-state index in [0.717, 1.165) is 32.5 Å². The van der Waals surface area contributed by atoms with Crippen LogP contribution in [0.1, 0.15) is 26.2 Å². The van der Waals surface area contributed by atoms with Crippen LogP contribution in [0.5, 0.6) is 0 Å². The molecule has 1 atom stereocenters. The zero-order chi connectivity index (χ0) is 10.1. The van der Waals surface area contributed by atoms with Gasteiger partial charge in [0.05, 0.1) is 0 Å². The second-order valence-electron chi connectivity index (χ2n) is 3.70. The molecule has 0 aromatic heterocycles. The summed E-state index contributed by atoms with van der Waals surface area (Å²) in [6.07, 6.45) is 3.37. The molecular weight excluding hydrogens is 184 g/mol. The molecule has 1 N–H and O–H groups in total. The molecule has 80 valence electrons. The zero-order valence-corrected chi connectivity index (χ0v) is 9.90. The lowest BCUT2D eigenvalue weighted by Crippen LogP contribution is -2.23. The summed E-state index contributed by atoms with van der Waals surface area (Å²) in [5.41, 5.74) is 0. The minimum atomic E-state index is 0.348. The SMILES string of the molecule is CCC(Cl)CCNCCCN(C)C. The first-order valence-electron chi connectivity index (χ1n) is 5.16. The van der Waals surface area contributed by atoms with Crippen LogP contribution in [-0.2, 0) is 0 Å². The van der Waals surface area contributed by atoms with Crippen molar-refractivity contribution in [3.8, 4) is 0 Å². The predicted octanol–water partition coefficient (Wildman–Crippen LogP) is 1.94. The van der Waals surface area contributed by atoms with Gasteiger partial charge in [-0.25, -0.2) is 0 Å². The summed E-state index contributed by atoms with van der Waals surface area (Å²) in [6, 6.07) is 0. The Labute approximate surface area is 87.6 Å². The molecule has 0 radical (unpaired) electrons. The second-order valence-corrected chi connectivity index (χ2v) is 4.32. The van der Waals surface area contributed by atoms with E-state index in [1.54, 1.807) is 0 Å². The molecule has 0 bridgehead atoms. The molecule has 0 saturated carbocycles. The zero-order valence-electron chi connectivity index (χ0n) is 9.15. The molecule has 13 heavy (non-hydrogen) atoms. The van der Waals surface area contributed by atoms with Crippen LogP contribution in [0, 0.1) is 0 Å². The maximum Gasteiger partial charge on any atom is 0.0345 e. The van der Waals surface area contributed by atoms with Gasteiger partial charge in [0.2, 0.25) is 0 Å². The number of halogens is 1. The van der Waals surface area contributed by atoms with Gasteiger partial charge in [-0.15, -0.1) is 11.6 Å². The van der Waals surface area contributed by atoms with Crippen molar-refractivity contribution >= 4 is 11.6 Å².